The van der Waals surface area contributed by atoms with Crippen LogP contribution in [0, 0.1) is 0 Å². The molecule has 1 unspecified atom stereocenters. The summed E-state index contributed by atoms with van der Waals surface area (Å²) in [6, 6.07) is 12.6. The highest BCUT2D eigenvalue weighted by atomic mass is 32.2. The number of anilines is 1. The zero-order valence-electron chi connectivity index (χ0n) is 15.5. The molecule has 2 aromatic rings. The number of ether oxygens (including phenoxy) is 2. The molecular weight excluding hydrogens is 420 g/mol. The van der Waals surface area contributed by atoms with Gasteiger partial charge in [-0.1, -0.05) is 24.3 Å². The van der Waals surface area contributed by atoms with E-state index in [-0.39, 0.29) is 17.1 Å². The third-order valence-electron chi connectivity index (χ3n) is 4.17. The summed E-state index contributed by atoms with van der Waals surface area (Å²) >= 11 is 0. The molecule has 7 nitrogen and oxygen atoms in total. The van der Waals surface area contributed by atoms with Gasteiger partial charge >= 0.3 is 12.6 Å². The molecule has 1 atom stereocenters. The summed E-state index contributed by atoms with van der Waals surface area (Å²) in [7, 11) is -3.43. The molecule has 1 heterocycles. The number of esters is 1. The van der Waals surface area contributed by atoms with Crippen LogP contribution in [0.2, 0.25) is 0 Å². The fourth-order valence-corrected chi connectivity index (χ4v) is 4.18. The summed E-state index contributed by atoms with van der Waals surface area (Å²) < 4.78 is 57.5. The van der Waals surface area contributed by atoms with Gasteiger partial charge in [-0.15, -0.1) is 0 Å². The van der Waals surface area contributed by atoms with Gasteiger partial charge in [0.05, 0.1) is 17.4 Å². The predicted molar refractivity (Wildman–Crippen MR) is 104 cm³/mol. The molecule has 0 aromatic heterocycles. The van der Waals surface area contributed by atoms with E-state index in [1.807, 2.05) is 0 Å². The smallest absolute Gasteiger partial charge is 0.387 e. The minimum atomic E-state index is -3.43. The number of benzene rings is 2. The lowest BCUT2D eigenvalue weighted by atomic mass is 10.2. The second-order valence-corrected chi connectivity index (χ2v) is 8.24. The number of carbonyl (C=O) groups excluding carboxylic acids is 2. The van der Waals surface area contributed by atoms with E-state index in [4.69, 9.17) is 4.74 Å². The normalized spacial score (nSPS) is 17.0. The number of rotatable bonds is 7. The molecule has 0 aliphatic carbocycles. The highest BCUT2D eigenvalue weighted by Gasteiger charge is 2.31. The Morgan fingerprint density at radius 1 is 1.10 bits per heavy atom. The first-order valence-electron chi connectivity index (χ1n) is 8.75. The Hall–Kier alpha value is -3.27. The molecule has 3 rings (SSSR count). The number of carbonyl (C=O) groups is 2. The van der Waals surface area contributed by atoms with E-state index in [0.29, 0.717) is 5.69 Å². The Morgan fingerprint density at radius 3 is 2.47 bits per heavy atom. The monoisotopic (exact) mass is 437 g/mol. The Bertz CT molecular complexity index is 1060. The third kappa shape index (κ3) is 5.41. The molecule has 0 saturated carbocycles. The molecule has 158 valence electrons. The number of para-hydroxylation sites is 1. The van der Waals surface area contributed by atoms with Crippen molar-refractivity contribution >= 4 is 27.4 Å². The van der Waals surface area contributed by atoms with Gasteiger partial charge in [-0.25, -0.2) is 13.2 Å². The summed E-state index contributed by atoms with van der Waals surface area (Å²) in [5, 5.41) is 1.04. The maximum absolute atomic E-state index is 12.8. The lowest BCUT2D eigenvalue weighted by Crippen LogP contribution is -2.43. The van der Waals surface area contributed by atoms with E-state index in [0.717, 1.165) is 11.5 Å². The van der Waals surface area contributed by atoms with E-state index in [2.05, 4.69) is 4.74 Å². The minimum absolute atomic E-state index is 0.0736. The van der Waals surface area contributed by atoms with Gasteiger partial charge in [0.1, 0.15) is 5.75 Å². The molecule has 0 bridgehead atoms. The van der Waals surface area contributed by atoms with Crippen LogP contribution in [0.4, 0.5) is 14.5 Å². The average molecular weight is 437 g/mol. The first kappa shape index (κ1) is 21.4. The number of alkyl halides is 2. The molecule has 1 amide bonds. The Labute approximate surface area is 171 Å². The van der Waals surface area contributed by atoms with Gasteiger partial charge in [0.25, 0.3) is 5.91 Å². The van der Waals surface area contributed by atoms with Gasteiger partial charge in [-0.3, -0.25) is 4.79 Å². The number of amides is 1. The summed E-state index contributed by atoms with van der Waals surface area (Å²) in [6.45, 7) is -3.72. The van der Waals surface area contributed by atoms with Gasteiger partial charge in [0.2, 0.25) is 0 Å². The molecular formula is C20H17F2NO6S. The summed E-state index contributed by atoms with van der Waals surface area (Å²) in [6.07, 6.45) is 1.40. The summed E-state index contributed by atoms with van der Waals surface area (Å²) in [4.78, 5) is 26.3. The molecule has 0 spiro atoms. The largest absolute Gasteiger partial charge is 0.452 e. The van der Waals surface area contributed by atoms with Crippen LogP contribution < -0.4 is 9.64 Å². The van der Waals surface area contributed by atoms with Crippen LogP contribution >= 0.6 is 0 Å². The number of halogens is 2. The molecule has 2 aromatic carbocycles. The molecule has 0 N–H and O–H groups in total. The topological polar surface area (TPSA) is 90.0 Å². The second kappa shape index (κ2) is 9.04. The minimum Gasteiger partial charge on any atom is -0.452 e. The third-order valence-corrected chi connectivity index (χ3v) is 5.55. The van der Waals surface area contributed by atoms with Crippen LogP contribution in [0.25, 0.3) is 0 Å². The molecule has 0 radical (unpaired) electrons. The fourth-order valence-electron chi connectivity index (χ4n) is 2.91. The molecule has 10 heteroatoms. The van der Waals surface area contributed by atoms with E-state index in [9.17, 15) is 26.8 Å². The highest BCUT2D eigenvalue weighted by Crippen LogP contribution is 2.23. The van der Waals surface area contributed by atoms with Gasteiger partial charge in [-0.2, -0.15) is 8.78 Å². The Balaban J connectivity index is 1.72. The number of nitrogens with zero attached hydrogens (tertiary/aromatic N) is 1. The fraction of sp³-hybridized carbons (Fsp3) is 0.200. The summed E-state index contributed by atoms with van der Waals surface area (Å²) in [5.74, 6) is -2.06. The van der Waals surface area contributed by atoms with Crippen LogP contribution in [-0.4, -0.2) is 45.3 Å². The van der Waals surface area contributed by atoms with Crippen molar-refractivity contribution in [2.75, 3.05) is 17.3 Å². The van der Waals surface area contributed by atoms with Crippen molar-refractivity contribution in [2.24, 2.45) is 0 Å². The van der Waals surface area contributed by atoms with Crippen molar-refractivity contribution in [3.05, 3.63) is 71.6 Å². The van der Waals surface area contributed by atoms with Gasteiger partial charge in [0.15, 0.2) is 16.4 Å². The van der Waals surface area contributed by atoms with Crippen LogP contribution in [0.3, 0.4) is 0 Å². The van der Waals surface area contributed by atoms with E-state index in [1.165, 1.54) is 29.2 Å². The van der Waals surface area contributed by atoms with Crippen LogP contribution in [0.1, 0.15) is 10.4 Å². The van der Waals surface area contributed by atoms with Crippen LogP contribution in [0.5, 0.6) is 5.75 Å². The SMILES string of the molecule is O=C(OCC(=O)N(c1ccccc1)C1C=CS(=O)(=O)C1)c1cccc(OC(F)F)c1. The van der Waals surface area contributed by atoms with Gasteiger partial charge < -0.3 is 14.4 Å². The van der Waals surface area contributed by atoms with Crippen molar-refractivity contribution in [1.82, 2.24) is 0 Å². The quantitative estimate of drug-likeness (QED) is 0.619. The lowest BCUT2D eigenvalue weighted by Gasteiger charge is -2.27. The zero-order chi connectivity index (χ0) is 21.7. The highest BCUT2D eigenvalue weighted by molar-refractivity contribution is 7.94. The first-order chi connectivity index (χ1) is 14.2. The Morgan fingerprint density at radius 2 is 1.83 bits per heavy atom. The van der Waals surface area contributed by atoms with Crippen molar-refractivity contribution in [3.8, 4) is 5.75 Å². The van der Waals surface area contributed by atoms with E-state index in [1.54, 1.807) is 30.3 Å². The average Bonchev–Trinajstić information content (AvgIpc) is 3.06. The maximum Gasteiger partial charge on any atom is 0.387 e. The standard InChI is InChI=1S/C20H17F2NO6S/c21-20(22)29-17-8-4-5-14(11-17)19(25)28-12-18(24)23(15-6-2-1-3-7-15)16-9-10-30(26,27)13-16/h1-11,16,20H,12-13H2. The summed E-state index contributed by atoms with van der Waals surface area (Å²) in [5.41, 5.74) is 0.369. The van der Waals surface area contributed by atoms with E-state index >= 15 is 0 Å². The van der Waals surface area contributed by atoms with Crippen molar-refractivity contribution in [2.45, 2.75) is 12.7 Å². The van der Waals surface area contributed by atoms with Crippen LogP contribution in [-0.2, 0) is 19.4 Å². The second-order valence-electron chi connectivity index (χ2n) is 6.31. The molecule has 1 aliphatic rings. The van der Waals surface area contributed by atoms with Crippen molar-refractivity contribution in [1.29, 1.82) is 0 Å². The molecule has 0 fully saturated rings. The number of sulfone groups is 1. The zero-order valence-corrected chi connectivity index (χ0v) is 16.3. The first-order valence-corrected chi connectivity index (χ1v) is 10.5. The molecule has 0 saturated heterocycles. The predicted octanol–water partition coefficient (Wildman–Crippen LogP) is 2.79. The van der Waals surface area contributed by atoms with Crippen molar-refractivity contribution in [3.63, 3.8) is 0 Å². The number of hydrogen-bond acceptors (Lipinski definition) is 6. The molecule has 1 aliphatic heterocycles. The van der Waals surface area contributed by atoms with Crippen molar-refractivity contribution < 1.29 is 36.3 Å². The maximum atomic E-state index is 12.8. The lowest BCUT2D eigenvalue weighted by molar-refractivity contribution is -0.121. The van der Waals surface area contributed by atoms with Gasteiger partial charge in [0, 0.05) is 11.1 Å². The Kier molecular flexibility index (Phi) is 6.46. The number of hydrogen-bond donors (Lipinski definition) is 0. The van der Waals surface area contributed by atoms with E-state index < -0.39 is 41.0 Å². The van der Waals surface area contributed by atoms with Crippen LogP contribution in [0.15, 0.2) is 66.1 Å². The van der Waals surface area contributed by atoms with Gasteiger partial charge in [-0.05, 0) is 36.4 Å². The molecule has 30 heavy (non-hydrogen) atoms.